The lowest BCUT2D eigenvalue weighted by molar-refractivity contribution is 0.0793. The molecular weight excluding hydrogens is 220 g/mol. The van der Waals surface area contributed by atoms with E-state index in [4.69, 9.17) is 0 Å². The van der Waals surface area contributed by atoms with Gasteiger partial charge >= 0.3 is 0 Å². The molecule has 0 aromatic carbocycles. The lowest BCUT2D eigenvalue weighted by atomic mass is 9.84. The van der Waals surface area contributed by atoms with E-state index in [0.717, 1.165) is 6.54 Å². The summed E-state index contributed by atoms with van der Waals surface area (Å²) in [6.07, 6.45) is 9.28. The molecule has 0 saturated carbocycles. The summed E-state index contributed by atoms with van der Waals surface area (Å²) in [5.74, 6) is 0. The van der Waals surface area contributed by atoms with Gasteiger partial charge in [0.15, 0.2) is 0 Å². The van der Waals surface area contributed by atoms with Crippen molar-refractivity contribution in [3.8, 4) is 0 Å². The zero-order valence-electron chi connectivity index (χ0n) is 13.1. The molecule has 0 aromatic heterocycles. The molecule has 0 radical (unpaired) electrons. The fourth-order valence-corrected chi connectivity index (χ4v) is 3.28. The molecule has 18 heavy (non-hydrogen) atoms. The number of nitrogens with zero attached hydrogens (tertiary/aromatic N) is 1. The first-order chi connectivity index (χ1) is 8.69. The van der Waals surface area contributed by atoms with Crippen LogP contribution in [0.3, 0.4) is 0 Å². The van der Waals surface area contributed by atoms with Crippen LogP contribution in [-0.2, 0) is 0 Å². The predicted molar refractivity (Wildman–Crippen MR) is 81.1 cm³/mol. The topological polar surface area (TPSA) is 15.3 Å². The van der Waals surface area contributed by atoms with E-state index in [0.29, 0.717) is 11.6 Å². The smallest absolute Gasteiger partial charge is 0.0331 e. The standard InChI is InChI=1S/C16H34N2/c1-5-8-11-15(17-12-6-2)16(4,7-3)18-13-9-10-14-18/h15,17H,5-14H2,1-4H3. The molecule has 0 bridgehead atoms. The molecule has 2 unspecified atom stereocenters. The van der Waals surface area contributed by atoms with E-state index in [9.17, 15) is 0 Å². The molecule has 1 N–H and O–H groups in total. The van der Waals surface area contributed by atoms with Gasteiger partial charge in [0.25, 0.3) is 0 Å². The van der Waals surface area contributed by atoms with Crippen LogP contribution < -0.4 is 5.32 Å². The molecule has 1 aliphatic rings. The third-order valence-corrected chi connectivity index (χ3v) is 4.78. The van der Waals surface area contributed by atoms with Gasteiger partial charge in [-0.1, -0.05) is 33.6 Å². The Kier molecular flexibility index (Phi) is 7.25. The minimum atomic E-state index is 0.362. The molecule has 0 aliphatic carbocycles. The first-order valence-corrected chi connectivity index (χ1v) is 8.17. The maximum Gasteiger partial charge on any atom is 0.0331 e. The molecule has 1 saturated heterocycles. The molecule has 1 fully saturated rings. The predicted octanol–water partition coefficient (Wildman–Crippen LogP) is 3.81. The quantitative estimate of drug-likeness (QED) is 0.673. The van der Waals surface area contributed by atoms with Crippen molar-refractivity contribution < 1.29 is 0 Å². The van der Waals surface area contributed by atoms with Gasteiger partial charge in [-0.15, -0.1) is 0 Å². The molecule has 108 valence electrons. The van der Waals surface area contributed by atoms with E-state index in [2.05, 4.69) is 37.9 Å². The Morgan fingerprint density at radius 3 is 2.28 bits per heavy atom. The molecule has 1 aliphatic heterocycles. The van der Waals surface area contributed by atoms with Crippen molar-refractivity contribution >= 4 is 0 Å². The number of likely N-dealkylation sites (tertiary alicyclic amines) is 1. The third kappa shape index (κ3) is 3.96. The fraction of sp³-hybridized carbons (Fsp3) is 1.00. The monoisotopic (exact) mass is 254 g/mol. The van der Waals surface area contributed by atoms with Gasteiger partial charge in [-0.05, 0) is 58.7 Å². The Hall–Kier alpha value is -0.0800. The van der Waals surface area contributed by atoms with Gasteiger partial charge in [0, 0.05) is 11.6 Å². The Bertz CT molecular complexity index is 203. The van der Waals surface area contributed by atoms with Gasteiger partial charge in [-0.3, -0.25) is 4.90 Å². The minimum absolute atomic E-state index is 0.362. The summed E-state index contributed by atoms with van der Waals surface area (Å²) < 4.78 is 0. The fourth-order valence-electron chi connectivity index (χ4n) is 3.28. The van der Waals surface area contributed by atoms with Gasteiger partial charge in [0.05, 0.1) is 0 Å². The molecule has 0 spiro atoms. The second-order valence-electron chi connectivity index (χ2n) is 6.05. The van der Waals surface area contributed by atoms with Crippen LogP contribution in [0.1, 0.15) is 72.6 Å². The Morgan fingerprint density at radius 2 is 1.78 bits per heavy atom. The van der Waals surface area contributed by atoms with Crippen LogP contribution >= 0.6 is 0 Å². The summed E-state index contributed by atoms with van der Waals surface area (Å²) in [6, 6.07) is 0.667. The average Bonchev–Trinajstić information content (AvgIpc) is 2.92. The summed E-state index contributed by atoms with van der Waals surface area (Å²) in [5, 5.41) is 3.83. The Labute approximate surface area is 115 Å². The maximum absolute atomic E-state index is 3.83. The van der Waals surface area contributed by atoms with Crippen LogP contribution in [0.2, 0.25) is 0 Å². The molecule has 1 heterocycles. The third-order valence-electron chi connectivity index (χ3n) is 4.78. The van der Waals surface area contributed by atoms with Crippen LogP contribution in [0.5, 0.6) is 0 Å². The number of hydrogen-bond donors (Lipinski definition) is 1. The zero-order chi connectivity index (χ0) is 13.4. The van der Waals surface area contributed by atoms with Crippen molar-refractivity contribution in [3.05, 3.63) is 0 Å². The van der Waals surface area contributed by atoms with Crippen LogP contribution in [0.15, 0.2) is 0 Å². The normalized spacial score (nSPS) is 22.0. The van der Waals surface area contributed by atoms with Crippen molar-refractivity contribution in [2.75, 3.05) is 19.6 Å². The largest absolute Gasteiger partial charge is 0.312 e. The van der Waals surface area contributed by atoms with Gasteiger partial charge in [-0.2, -0.15) is 0 Å². The van der Waals surface area contributed by atoms with Gasteiger partial charge in [0.1, 0.15) is 0 Å². The first kappa shape index (κ1) is 16.0. The number of hydrogen-bond acceptors (Lipinski definition) is 2. The van der Waals surface area contributed by atoms with Crippen molar-refractivity contribution in [1.82, 2.24) is 10.2 Å². The van der Waals surface area contributed by atoms with Gasteiger partial charge in [-0.25, -0.2) is 0 Å². The Morgan fingerprint density at radius 1 is 1.11 bits per heavy atom. The molecule has 2 nitrogen and oxygen atoms in total. The molecular formula is C16H34N2. The van der Waals surface area contributed by atoms with E-state index in [1.54, 1.807) is 0 Å². The van der Waals surface area contributed by atoms with Crippen molar-refractivity contribution in [3.63, 3.8) is 0 Å². The van der Waals surface area contributed by atoms with Crippen LogP contribution in [0.25, 0.3) is 0 Å². The van der Waals surface area contributed by atoms with E-state index in [1.165, 1.54) is 58.0 Å². The maximum atomic E-state index is 3.83. The lowest BCUT2D eigenvalue weighted by Gasteiger charge is -2.45. The minimum Gasteiger partial charge on any atom is -0.312 e. The molecule has 1 rings (SSSR count). The zero-order valence-corrected chi connectivity index (χ0v) is 13.1. The summed E-state index contributed by atoms with van der Waals surface area (Å²) in [4.78, 5) is 2.75. The van der Waals surface area contributed by atoms with Gasteiger partial charge in [0.2, 0.25) is 0 Å². The summed E-state index contributed by atoms with van der Waals surface area (Å²) in [5.41, 5.74) is 0.362. The van der Waals surface area contributed by atoms with Crippen LogP contribution in [-0.4, -0.2) is 36.1 Å². The van der Waals surface area contributed by atoms with Crippen molar-refractivity contribution in [2.45, 2.75) is 84.2 Å². The summed E-state index contributed by atoms with van der Waals surface area (Å²) in [6.45, 7) is 13.2. The molecule has 2 atom stereocenters. The van der Waals surface area contributed by atoms with E-state index in [-0.39, 0.29) is 0 Å². The Balaban J connectivity index is 2.69. The van der Waals surface area contributed by atoms with Crippen molar-refractivity contribution in [1.29, 1.82) is 0 Å². The number of nitrogens with one attached hydrogen (secondary N) is 1. The summed E-state index contributed by atoms with van der Waals surface area (Å²) in [7, 11) is 0. The second-order valence-corrected chi connectivity index (χ2v) is 6.05. The van der Waals surface area contributed by atoms with Crippen LogP contribution in [0, 0.1) is 0 Å². The van der Waals surface area contributed by atoms with E-state index in [1.807, 2.05) is 0 Å². The highest BCUT2D eigenvalue weighted by Crippen LogP contribution is 2.30. The average molecular weight is 254 g/mol. The highest BCUT2D eigenvalue weighted by Gasteiger charge is 2.38. The van der Waals surface area contributed by atoms with E-state index < -0.39 is 0 Å². The number of rotatable bonds is 9. The highest BCUT2D eigenvalue weighted by atomic mass is 15.2. The van der Waals surface area contributed by atoms with Crippen molar-refractivity contribution in [2.24, 2.45) is 0 Å². The first-order valence-electron chi connectivity index (χ1n) is 8.17. The lowest BCUT2D eigenvalue weighted by Crippen LogP contribution is -2.58. The van der Waals surface area contributed by atoms with Crippen LogP contribution in [0.4, 0.5) is 0 Å². The van der Waals surface area contributed by atoms with Gasteiger partial charge < -0.3 is 5.32 Å². The number of unbranched alkanes of at least 4 members (excludes halogenated alkanes) is 1. The highest BCUT2D eigenvalue weighted by molar-refractivity contribution is 4.97. The second kappa shape index (κ2) is 8.16. The SMILES string of the molecule is CCCCC(NCCC)C(C)(CC)N1CCCC1. The summed E-state index contributed by atoms with van der Waals surface area (Å²) >= 11 is 0. The molecule has 2 heteroatoms. The molecule has 0 amide bonds. The van der Waals surface area contributed by atoms with E-state index >= 15 is 0 Å². The molecule has 0 aromatic rings.